The van der Waals surface area contributed by atoms with Crippen molar-refractivity contribution in [1.82, 2.24) is 0 Å². The van der Waals surface area contributed by atoms with E-state index in [1.165, 1.54) is 0 Å². The number of anilines is 1. The molecule has 3 rings (SSSR count). The Hall–Kier alpha value is -1.35. The molecule has 1 aromatic carbocycles. The summed E-state index contributed by atoms with van der Waals surface area (Å²) in [6, 6.07) is 7.79. The minimum atomic E-state index is -0.378. The average Bonchev–Trinajstić information content (AvgIpc) is 2.71. The van der Waals surface area contributed by atoms with Gasteiger partial charge in [-0.2, -0.15) is 0 Å². The van der Waals surface area contributed by atoms with E-state index in [-0.39, 0.29) is 17.4 Å². The van der Waals surface area contributed by atoms with Crippen LogP contribution in [0.4, 0.5) is 5.69 Å². The Morgan fingerprint density at radius 2 is 2.15 bits per heavy atom. The number of hydrogen-bond acceptors (Lipinski definition) is 2. The number of carbonyl (C=O) groups is 1. The van der Waals surface area contributed by atoms with Gasteiger partial charge in [0.25, 0.3) is 0 Å². The second kappa shape index (κ2) is 1.93. The number of carbonyl (C=O) groups excluding carboxylic acids is 1. The molecule has 0 bridgehead atoms. The summed E-state index contributed by atoms with van der Waals surface area (Å²) in [5.74, 6) is 0.0706. The maximum atomic E-state index is 11.6. The van der Waals surface area contributed by atoms with E-state index in [1.54, 1.807) is 0 Å². The van der Waals surface area contributed by atoms with Crippen LogP contribution in [0.1, 0.15) is 12.0 Å². The molecule has 2 unspecified atom stereocenters. The number of amides is 1. The fourth-order valence-electron chi connectivity index (χ4n) is 2.20. The molecular formula is C10H10N2O. The summed E-state index contributed by atoms with van der Waals surface area (Å²) in [5.41, 5.74) is 7.44. The van der Waals surface area contributed by atoms with Gasteiger partial charge in [-0.1, -0.05) is 18.2 Å². The van der Waals surface area contributed by atoms with E-state index in [9.17, 15) is 4.79 Å². The van der Waals surface area contributed by atoms with E-state index in [0.717, 1.165) is 17.7 Å². The number of nitrogens with two attached hydrogens (primary N) is 1. The third-order valence-electron chi connectivity index (χ3n) is 3.08. The summed E-state index contributed by atoms with van der Waals surface area (Å²) in [4.78, 5) is 11.6. The fraction of sp³-hybridized carbons (Fsp3) is 0.300. The highest BCUT2D eigenvalue weighted by molar-refractivity contribution is 6.09. The first kappa shape index (κ1) is 7.09. The minimum Gasteiger partial charge on any atom is -0.326 e. The zero-order valence-corrected chi connectivity index (χ0v) is 7.08. The van der Waals surface area contributed by atoms with Gasteiger partial charge in [-0.3, -0.25) is 4.79 Å². The van der Waals surface area contributed by atoms with Crippen molar-refractivity contribution in [3.8, 4) is 0 Å². The number of nitrogens with one attached hydrogen (secondary N) is 1. The second-order valence-corrected chi connectivity index (χ2v) is 3.78. The van der Waals surface area contributed by atoms with E-state index in [2.05, 4.69) is 5.32 Å². The summed E-state index contributed by atoms with van der Waals surface area (Å²) in [7, 11) is 0. The molecule has 13 heavy (non-hydrogen) atoms. The maximum absolute atomic E-state index is 11.6. The highest BCUT2D eigenvalue weighted by atomic mass is 16.2. The molecule has 1 aliphatic heterocycles. The molecule has 1 amide bonds. The molecule has 3 N–H and O–H groups in total. The molecule has 3 nitrogen and oxygen atoms in total. The van der Waals surface area contributed by atoms with Crippen molar-refractivity contribution in [2.24, 2.45) is 5.73 Å². The van der Waals surface area contributed by atoms with E-state index in [0.29, 0.717) is 0 Å². The lowest BCUT2D eigenvalue weighted by Crippen LogP contribution is -2.26. The van der Waals surface area contributed by atoms with Crippen molar-refractivity contribution < 1.29 is 4.79 Å². The monoisotopic (exact) mass is 174 g/mol. The molecule has 0 radical (unpaired) electrons. The van der Waals surface area contributed by atoms with Crippen LogP contribution >= 0.6 is 0 Å². The zero-order chi connectivity index (χ0) is 9.05. The van der Waals surface area contributed by atoms with Crippen LogP contribution in [0.15, 0.2) is 24.3 Å². The van der Waals surface area contributed by atoms with Gasteiger partial charge in [-0.15, -0.1) is 0 Å². The summed E-state index contributed by atoms with van der Waals surface area (Å²) in [5, 5.41) is 2.86. The zero-order valence-electron chi connectivity index (χ0n) is 7.08. The first-order valence-electron chi connectivity index (χ1n) is 4.42. The molecular weight excluding hydrogens is 164 g/mol. The van der Waals surface area contributed by atoms with E-state index >= 15 is 0 Å². The molecule has 1 heterocycles. The van der Waals surface area contributed by atoms with Crippen LogP contribution in [0.2, 0.25) is 0 Å². The molecule has 1 aromatic rings. The van der Waals surface area contributed by atoms with Gasteiger partial charge in [0.2, 0.25) is 5.91 Å². The highest BCUT2D eigenvalue weighted by Gasteiger charge is 2.63. The summed E-state index contributed by atoms with van der Waals surface area (Å²) >= 11 is 0. The van der Waals surface area contributed by atoms with Crippen molar-refractivity contribution in [2.75, 3.05) is 5.32 Å². The Kier molecular flexibility index (Phi) is 1.05. The molecule has 3 heteroatoms. The van der Waals surface area contributed by atoms with Gasteiger partial charge in [0.15, 0.2) is 0 Å². The summed E-state index contributed by atoms with van der Waals surface area (Å²) < 4.78 is 0. The third kappa shape index (κ3) is 0.664. The molecule has 2 atom stereocenters. The van der Waals surface area contributed by atoms with Gasteiger partial charge < -0.3 is 11.1 Å². The number of benzene rings is 1. The fourth-order valence-corrected chi connectivity index (χ4v) is 2.20. The van der Waals surface area contributed by atoms with Gasteiger partial charge in [-0.05, 0) is 18.1 Å². The van der Waals surface area contributed by atoms with Gasteiger partial charge in [0.05, 0.1) is 5.41 Å². The normalized spacial score (nSPS) is 34.5. The van der Waals surface area contributed by atoms with Crippen molar-refractivity contribution in [3.05, 3.63) is 29.8 Å². The van der Waals surface area contributed by atoms with Gasteiger partial charge in [0, 0.05) is 11.7 Å². The Labute approximate surface area is 75.9 Å². The van der Waals surface area contributed by atoms with Crippen LogP contribution in [0, 0.1) is 0 Å². The first-order valence-corrected chi connectivity index (χ1v) is 4.42. The van der Waals surface area contributed by atoms with Crippen molar-refractivity contribution in [3.63, 3.8) is 0 Å². The van der Waals surface area contributed by atoms with Crippen molar-refractivity contribution in [2.45, 2.75) is 17.9 Å². The van der Waals surface area contributed by atoms with Crippen LogP contribution in [0.5, 0.6) is 0 Å². The number of para-hydroxylation sites is 1. The molecule has 66 valence electrons. The van der Waals surface area contributed by atoms with E-state index < -0.39 is 0 Å². The number of rotatable bonds is 0. The van der Waals surface area contributed by atoms with Gasteiger partial charge in [-0.25, -0.2) is 0 Å². The van der Waals surface area contributed by atoms with Crippen LogP contribution < -0.4 is 11.1 Å². The van der Waals surface area contributed by atoms with Crippen LogP contribution in [0.3, 0.4) is 0 Å². The molecule has 1 aliphatic carbocycles. The summed E-state index contributed by atoms with van der Waals surface area (Å²) in [6.07, 6.45) is 0.788. The molecule has 2 aliphatic rings. The lowest BCUT2D eigenvalue weighted by atomic mass is 9.97. The molecule has 1 saturated carbocycles. The van der Waals surface area contributed by atoms with E-state index in [4.69, 9.17) is 5.73 Å². The van der Waals surface area contributed by atoms with Crippen LogP contribution in [-0.2, 0) is 10.2 Å². The largest absolute Gasteiger partial charge is 0.326 e. The van der Waals surface area contributed by atoms with Crippen LogP contribution in [-0.4, -0.2) is 11.9 Å². The minimum absolute atomic E-state index is 0.0103. The van der Waals surface area contributed by atoms with Gasteiger partial charge in [0.1, 0.15) is 0 Å². The molecule has 0 aromatic heterocycles. The Morgan fingerprint density at radius 3 is 2.85 bits per heavy atom. The van der Waals surface area contributed by atoms with Gasteiger partial charge >= 0.3 is 0 Å². The molecule has 1 spiro atoms. The van der Waals surface area contributed by atoms with Crippen molar-refractivity contribution in [1.29, 1.82) is 0 Å². The topological polar surface area (TPSA) is 55.1 Å². The SMILES string of the molecule is NC1CC12C(=O)Nc1ccccc12. The number of fused-ring (bicyclic) bond motifs is 2. The summed E-state index contributed by atoms with van der Waals surface area (Å²) in [6.45, 7) is 0. The Balaban J connectivity index is 2.22. The highest BCUT2D eigenvalue weighted by Crippen LogP contribution is 2.53. The van der Waals surface area contributed by atoms with E-state index in [1.807, 2.05) is 24.3 Å². The Bertz CT molecular complexity index is 402. The maximum Gasteiger partial charge on any atom is 0.236 e. The lowest BCUT2D eigenvalue weighted by Gasteiger charge is -2.04. The molecule has 0 saturated heterocycles. The predicted octanol–water partition coefficient (Wildman–Crippen LogP) is 0.607. The quantitative estimate of drug-likeness (QED) is 0.605. The van der Waals surface area contributed by atoms with Crippen molar-refractivity contribution >= 4 is 11.6 Å². The number of hydrogen-bond donors (Lipinski definition) is 2. The predicted molar refractivity (Wildman–Crippen MR) is 49.3 cm³/mol. The second-order valence-electron chi connectivity index (χ2n) is 3.78. The average molecular weight is 174 g/mol. The standard InChI is InChI=1S/C10H10N2O/c11-8-5-10(8)6-3-1-2-4-7(6)12-9(10)13/h1-4,8H,5,11H2,(H,12,13). The van der Waals surface area contributed by atoms with Crippen LogP contribution in [0.25, 0.3) is 0 Å². The lowest BCUT2D eigenvalue weighted by molar-refractivity contribution is -0.118. The Morgan fingerprint density at radius 1 is 1.46 bits per heavy atom. The third-order valence-corrected chi connectivity index (χ3v) is 3.08. The molecule has 1 fully saturated rings. The smallest absolute Gasteiger partial charge is 0.236 e. The first-order chi connectivity index (χ1) is 6.25.